The van der Waals surface area contributed by atoms with Crippen LogP contribution in [0.5, 0.6) is 17.2 Å². The Morgan fingerprint density at radius 3 is 2.21 bits per heavy atom. The van der Waals surface area contributed by atoms with Crippen molar-refractivity contribution in [2.24, 2.45) is 4.99 Å². The van der Waals surface area contributed by atoms with E-state index < -0.39 is 4.92 Å². The Morgan fingerprint density at radius 1 is 1.06 bits per heavy atom. The van der Waals surface area contributed by atoms with Crippen molar-refractivity contribution in [1.82, 2.24) is 5.32 Å². The van der Waals surface area contributed by atoms with Crippen molar-refractivity contribution in [3.05, 3.63) is 52.1 Å². The normalized spacial score (nSPS) is 10.7. The van der Waals surface area contributed by atoms with Gasteiger partial charge in [0.15, 0.2) is 17.5 Å². The second kappa shape index (κ2) is 15.1. The fourth-order valence-corrected chi connectivity index (χ4v) is 2.85. The van der Waals surface area contributed by atoms with Crippen molar-refractivity contribution >= 4 is 41.3 Å². The maximum absolute atomic E-state index is 10.8. The highest BCUT2D eigenvalue weighted by Crippen LogP contribution is 2.39. The number of nitro benzene ring substituents is 1. The van der Waals surface area contributed by atoms with Crippen LogP contribution in [-0.4, -0.2) is 52.0 Å². The van der Waals surface area contributed by atoms with Crippen molar-refractivity contribution in [1.29, 1.82) is 0 Å². The van der Waals surface area contributed by atoms with Crippen LogP contribution >= 0.6 is 24.0 Å². The van der Waals surface area contributed by atoms with Crippen LogP contribution in [0, 0.1) is 10.1 Å². The van der Waals surface area contributed by atoms with Crippen molar-refractivity contribution in [2.75, 3.05) is 46.4 Å². The first-order valence-corrected chi connectivity index (χ1v) is 10.2. The minimum Gasteiger partial charge on any atom is -0.493 e. The third kappa shape index (κ3) is 8.92. The average Bonchev–Trinajstić information content (AvgIpc) is 2.81. The SMILES string of the molecule is CCOCCCNC(=NCc1ccc([N+](=O)[O-])cc1)Nc1cc(OC)c(OC)c(OC)c1.I. The first-order chi connectivity index (χ1) is 15.5. The number of non-ortho nitro benzene ring substituents is 1. The van der Waals surface area contributed by atoms with Gasteiger partial charge in [-0.3, -0.25) is 10.1 Å². The second-order valence-electron chi connectivity index (χ2n) is 6.60. The molecule has 0 aliphatic carbocycles. The maximum atomic E-state index is 10.8. The number of rotatable bonds is 12. The fourth-order valence-electron chi connectivity index (χ4n) is 2.85. The van der Waals surface area contributed by atoms with Gasteiger partial charge in [0.1, 0.15) is 0 Å². The summed E-state index contributed by atoms with van der Waals surface area (Å²) in [7, 11) is 4.65. The van der Waals surface area contributed by atoms with E-state index in [4.69, 9.17) is 18.9 Å². The Morgan fingerprint density at radius 2 is 1.70 bits per heavy atom. The number of anilines is 1. The van der Waals surface area contributed by atoms with Crippen LogP contribution in [0.4, 0.5) is 11.4 Å². The molecular formula is C22H31IN4O6. The Bertz CT molecular complexity index is 883. The molecule has 0 atom stereocenters. The molecule has 182 valence electrons. The van der Waals surface area contributed by atoms with Gasteiger partial charge in [-0.25, -0.2) is 4.99 Å². The lowest BCUT2D eigenvalue weighted by atomic mass is 10.2. The van der Waals surface area contributed by atoms with E-state index in [-0.39, 0.29) is 29.7 Å². The molecule has 2 aromatic rings. The lowest BCUT2D eigenvalue weighted by Gasteiger charge is -2.17. The zero-order valence-electron chi connectivity index (χ0n) is 19.3. The maximum Gasteiger partial charge on any atom is 0.269 e. The van der Waals surface area contributed by atoms with Crippen LogP contribution < -0.4 is 24.8 Å². The second-order valence-corrected chi connectivity index (χ2v) is 6.60. The molecule has 0 aliphatic rings. The van der Waals surface area contributed by atoms with Crippen molar-refractivity contribution < 1.29 is 23.9 Å². The summed E-state index contributed by atoms with van der Waals surface area (Å²) in [4.78, 5) is 15.0. The largest absolute Gasteiger partial charge is 0.493 e. The van der Waals surface area contributed by atoms with Gasteiger partial charge in [0.25, 0.3) is 5.69 Å². The molecule has 0 aliphatic heterocycles. The highest BCUT2D eigenvalue weighted by atomic mass is 127. The molecule has 0 spiro atoms. The summed E-state index contributed by atoms with van der Waals surface area (Å²) in [6.07, 6.45) is 0.807. The molecule has 0 radical (unpaired) electrons. The van der Waals surface area contributed by atoms with E-state index in [1.54, 1.807) is 45.6 Å². The zero-order chi connectivity index (χ0) is 23.3. The number of hydrogen-bond acceptors (Lipinski definition) is 7. The number of nitrogens with one attached hydrogen (secondary N) is 2. The third-order valence-electron chi connectivity index (χ3n) is 4.46. The Balaban J connectivity index is 0.00000544. The summed E-state index contributed by atoms with van der Waals surface area (Å²) >= 11 is 0. The van der Waals surface area contributed by atoms with Crippen LogP contribution in [0.25, 0.3) is 0 Å². The lowest BCUT2D eigenvalue weighted by molar-refractivity contribution is -0.384. The average molecular weight is 574 g/mol. The molecule has 0 saturated heterocycles. The molecule has 0 unspecified atom stereocenters. The number of nitro groups is 1. The van der Waals surface area contributed by atoms with Crippen LogP contribution in [0.15, 0.2) is 41.4 Å². The summed E-state index contributed by atoms with van der Waals surface area (Å²) in [5, 5.41) is 17.4. The van der Waals surface area contributed by atoms with Gasteiger partial charge in [-0.15, -0.1) is 24.0 Å². The molecule has 10 nitrogen and oxygen atoms in total. The molecule has 2 rings (SSSR count). The van der Waals surface area contributed by atoms with E-state index in [1.165, 1.54) is 12.1 Å². The van der Waals surface area contributed by atoms with Crippen molar-refractivity contribution in [3.63, 3.8) is 0 Å². The predicted molar refractivity (Wildman–Crippen MR) is 138 cm³/mol. The number of guanidine groups is 1. The van der Waals surface area contributed by atoms with Crippen molar-refractivity contribution in [3.8, 4) is 17.2 Å². The third-order valence-corrected chi connectivity index (χ3v) is 4.46. The molecule has 0 saturated carbocycles. The predicted octanol–water partition coefficient (Wildman–Crippen LogP) is 4.22. The first-order valence-electron chi connectivity index (χ1n) is 10.2. The van der Waals surface area contributed by atoms with Gasteiger partial charge >= 0.3 is 0 Å². The molecule has 0 heterocycles. The summed E-state index contributed by atoms with van der Waals surface area (Å²) in [5.74, 6) is 2.06. The topological polar surface area (TPSA) is 116 Å². The molecule has 2 aromatic carbocycles. The van der Waals surface area contributed by atoms with Gasteiger partial charge in [-0.05, 0) is 18.9 Å². The van der Waals surface area contributed by atoms with Gasteiger partial charge in [-0.2, -0.15) is 0 Å². The molecule has 0 bridgehead atoms. The minimum atomic E-state index is -0.426. The van der Waals surface area contributed by atoms with Gasteiger partial charge in [0, 0.05) is 49.7 Å². The summed E-state index contributed by atoms with van der Waals surface area (Å²) in [6, 6.07) is 9.87. The molecule has 0 fully saturated rings. The van der Waals surface area contributed by atoms with Crippen LogP contribution in [-0.2, 0) is 11.3 Å². The molecule has 0 amide bonds. The zero-order valence-corrected chi connectivity index (χ0v) is 21.6. The van der Waals surface area contributed by atoms with Crippen LogP contribution in [0.1, 0.15) is 18.9 Å². The van der Waals surface area contributed by atoms with E-state index in [0.29, 0.717) is 55.2 Å². The molecule has 33 heavy (non-hydrogen) atoms. The number of halogens is 1. The standard InChI is InChI=1S/C22H30N4O6.HI/c1-5-32-12-6-11-23-22(24-15-16-7-9-18(10-8-16)26(27)28)25-17-13-19(29-2)21(31-4)20(14-17)30-3;/h7-10,13-14H,5-6,11-12,15H2,1-4H3,(H2,23,24,25);1H. The fraction of sp³-hybridized carbons (Fsp3) is 0.409. The molecule has 0 aromatic heterocycles. The quantitative estimate of drug-likeness (QED) is 0.0967. The van der Waals surface area contributed by atoms with Crippen molar-refractivity contribution in [2.45, 2.75) is 19.9 Å². The monoisotopic (exact) mass is 574 g/mol. The van der Waals surface area contributed by atoms with Gasteiger partial charge in [0.05, 0.1) is 32.8 Å². The van der Waals surface area contributed by atoms with E-state index >= 15 is 0 Å². The van der Waals surface area contributed by atoms with E-state index in [1.807, 2.05) is 6.92 Å². The Hall–Kier alpha value is -2.80. The number of nitrogens with zero attached hydrogens (tertiary/aromatic N) is 2. The Labute approximate surface area is 210 Å². The van der Waals surface area contributed by atoms with Gasteiger partial charge in [0.2, 0.25) is 5.75 Å². The summed E-state index contributed by atoms with van der Waals surface area (Å²) in [5.41, 5.74) is 1.58. The minimum absolute atomic E-state index is 0. The molecule has 11 heteroatoms. The molecular weight excluding hydrogens is 543 g/mol. The van der Waals surface area contributed by atoms with Crippen LogP contribution in [0.2, 0.25) is 0 Å². The number of aliphatic imine (C=N–C) groups is 1. The highest BCUT2D eigenvalue weighted by Gasteiger charge is 2.14. The van der Waals surface area contributed by atoms with E-state index in [9.17, 15) is 10.1 Å². The van der Waals surface area contributed by atoms with Gasteiger partial charge in [-0.1, -0.05) is 12.1 Å². The first kappa shape index (κ1) is 28.2. The number of benzene rings is 2. The smallest absolute Gasteiger partial charge is 0.269 e. The number of hydrogen-bond donors (Lipinski definition) is 2. The molecule has 2 N–H and O–H groups in total. The summed E-state index contributed by atoms with van der Waals surface area (Å²) < 4.78 is 21.6. The Kier molecular flexibility index (Phi) is 12.9. The van der Waals surface area contributed by atoms with Gasteiger partial charge < -0.3 is 29.6 Å². The van der Waals surface area contributed by atoms with E-state index in [2.05, 4.69) is 15.6 Å². The number of ether oxygens (including phenoxy) is 4. The number of methoxy groups -OCH3 is 3. The van der Waals surface area contributed by atoms with Crippen LogP contribution in [0.3, 0.4) is 0 Å². The summed E-state index contributed by atoms with van der Waals surface area (Å²) in [6.45, 7) is 4.25. The lowest BCUT2D eigenvalue weighted by Crippen LogP contribution is -2.32. The highest BCUT2D eigenvalue weighted by molar-refractivity contribution is 14.0. The van der Waals surface area contributed by atoms with E-state index in [0.717, 1.165) is 12.0 Å².